The first-order valence-electron chi connectivity index (χ1n) is 5.67. The molecule has 0 aromatic heterocycles. The van der Waals surface area contributed by atoms with Crippen molar-refractivity contribution in [2.45, 2.75) is 13.3 Å². The topological polar surface area (TPSA) is 38.0 Å². The van der Waals surface area contributed by atoms with Crippen molar-refractivity contribution in [3.63, 3.8) is 0 Å². The number of benzene rings is 2. The molecule has 0 bridgehead atoms. The molecule has 0 amide bonds. The van der Waals surface area contributed by atoms with E-state index in [1.54, 1.807) is 12.1 Å². The Morgan fingerprint density at radius 3 is 2.53 bits per heavy atom. The smallest absolute Gasteiger partial charge is 0.265 e. The first kappa shape index (κ1) is 13.8. The van der Waals surface area contributed by atoms with E-state index in [1.165, 1.54) is 6.07 Å². The maximum Gasteiger partial charge on any atom is 0.265 e. The third-order valence-corrected chi connectivity index (χ3v) is 3.09. The Kier molecular flexibility index (Phi) is 4.04. The van der Waals surface area contributed by atoms with Crippen LogP contribution in [-0.2, 0) is 0 Å². The third-order valence-electron chi connectivity index (χ3n) is 2.63. The van der Waals surface area contributed by atoms with E-state index >= 15 is 0 Å². The van der Waals surface area contributed by atoms with Gasteiger partial charge in [-0.3, -0.25) is 0 Å². The molecule has 3 N–H and O–H groups in total. The molecule has 2 nitrogen and oxygen atoms in total. The standard InChI is InChI=1S/C14H13BrF2N2/c1-8-4-9(15)6-11(5-8)19-13-3-2-10(18)7-12(13)14(16)17/h2-7,14,19H,18H2,1H3. The summed E-state index contributed by atoms with van der Waals surface area (Å²) in [6.45, 7) is 1.94. The Morgan fingerprint density at radius 2 is 1.89 bits per heavy atom. The molecule has 0 fully saturated rings. The molecule has 100 valence electrons. The highest BCUT2D eigenvalue weighted by Gasteiger charge is 2.13. The van der Waals surface area contributed by atoms with Crippen LogP contribution in [0.25, 0.3) is 0 Å². The van der Waals surface area contributed by atoms with Crippen molar-refractivity contribution in [1.29, 1.82) is 0 Å². The third kappa shape index (κ3) is 3.44. The lowest BCUT2D eigenvalue weighted by atomic mass is 10.1. The quantitative estimate of drug-likeness (QED) is 0.777. The predicted octanol–water partition coefficient (Wildman–Crippen LogP) is 5.02. The van der Waals surface area contributed by atoms with Crippen LogP contribution in [0.15, 0.2) is 40.9 Å². The fraction of sp³-hybridized carbons (Fsp3) is 0.143. The highest BCUT2D eigenvalue weighted by Crippen LogP contribution is 2.32. The number of hydrogen-bond donors (Lipinski definition) is 2. The molecule has 0 saturated heterocycles. The van der Waals surface area contributed by atoms with Gasteiger partial charge in [0, 0.05) is 27.1 Å². The number of nitrogens with two attached hydrogens (primary N) is 1. The summed E-state index contributed by atoms with van der Waals surface area (Å²) in [7, 11) is 0. The van der Waals surface area contributed by atoms with E-state index in [0.717, 1.165) is 15.7 Å². The lowest BCUT2D eigenvalue weighted by molar-refractivity contribution is 0.152. The first-order chi connectivity index (χ1) is 8.95. The second kappa shape index (κ2) is 5.57. The summed E-state index contributed by atoms with van der Waals surface area (Å²) in [5.41, 5.74) is 7.91. The van der Waals surface area contributed by atoms with Crippen LogP contribution >= 0.6 is 15.9 Å². The van der Waals surface area contributed by atoms with Gasteiger partial charge in [0.05, 0.1) is 0 Å². The molecule has 0 aliphatic rings. The molecule has 2 rings (SSSR count). The van der Waals surface area contributed by atoms with Crippen molar-refractivity contribution in [1.82, 2.24) is 0 Å². The molecule has 0 saturated carbocycles. The summed E-state index contributed by atoms with van der Waals surface area (Å²) in [4.78, 5) is 0. The number of nitrogens with one attached hydrogen (secondary N) is 1. The highest BCUT2D eigenvalue weighted by molar-refractivity contribution is 9.10. The van der Waals surface area contributed by atoms with Gasteiger partial charge >= 0.3 is 0 Å². The average molecular weight is 327 g/mol. The van der Waals surface area contributed by atoms with E-state index in [-0.39, 0.29) is 5.56 Å². The fourth-order valence-corrected chi connectivity index (χ4v) is 2.45. The molecule has 5 heteroatoms. The summed E-state index contributed by atoms with van der Waals surface area (Å²) >= 11 is 3.38. The molecule has 2 aromatic rings. The summed E-state index contributed by atoms with van der Waals surface area (Å²) in [6.07, 6.45) is -2.57. The highest BCUT2D eigenvalue weighted by atomic mass is 79.9. The molecular formula is C14H13BrF2N2. The van der Waals surface area contributed by atoms with Gasteiger partial charge in [0.15, 0.2) is 0 Å². The lowest BCUT2D eigenvalue weighted by Crippen LogP contribution is -1.98. The molecule has 0 spiro atoms. The van der Waals surface area contributed by atoms with E-state index in [2.05, 4.69) is 21.2 Å². The van der Waals surface area contributed by atoms with Gasteiger partial charge in [-0.15, -0.1) is 0 Å². The number of anilines is 3. The molecule has 0 atom stereocenters. The molecule has 0 aliphatic heterocycles. The Balaban J connectivity index is 2.37. The van der Waals surface area contributed by atoms with E-state index in [1.807, 2.05) is 25.1 Å². The van der Waals surface area contributed by atoms with Gasteiger partial charge in [-0.25, -0.2) is 8.78 Å². The van der Waals surface area contributed by atoms with Gasteiger partial charge in [0.1, 0.15) is 0 Å². The minimum absolute atomic E-state index is 0.0994. The number of rotatable bonds is 3. The molecule has 0 unspecified atom stereocenters. The first-order valence-corrected chi connectivity index (χ1v) is 6.47. The Bertz CT molecular complexity index is 580. The van der Waals surface area contributed by atoms with Crippen molar-refractivity contribution in [3.05, 3.63) is 52.0 Å². The van der Waals surface area contributed by atoms with Crippen LogP contribution in [0.4, 0.5) is 25.8 Å². The van der Waals surface area contributed by atoms with Gasteiger partial charge in [0.25, 0.3) is 6.43 Å². The van der Waals surface area contributed by atoms with Crippen molar-refractivity contribution in [3.8, 4) is 0 Å². The van der Waals surface area contributed by atoms with Gasteiger partial charge < -0.3 is 11.1 Å². The Morgan fingerprint density at radius 1 is 1.16 bits per heavy atom. The number of aryl methyl sites for hydroxylation is 1. The maximum atomic E-state index is 13.0. The zero-order chi connectivity index (χ0) is 14.0. The monoisotopic (exact) mass is 326 g/mol. The second-order valence-corrected chi connectivity index (χ2v) is 5.21. The molecular weight excluding hydrogens is 314 g/mol. The van der Waals surface area contributed by atoms with Gasteiger partial charge in [-0.1, -0.05) is 15.9 Å². The zero-order valence-corrected chi connectivity index (χ0v) is 11.8. The minimum Gasteiger partial charge on any atom is -0.399 e. The van der Waals surface area contributed by atoms with E-state index in [0.29, 0.717) is 11.4 Å². The van der Waals surface area contributed by atoms with E-state index < -0.39 is 6.43 Å². The molecule has 0 heterocycles. The normalized spacial score (nSPS) is 10.8. The zero-order valence-electron chi connectivity index (χ0n) is 10.3. The van der Waals surface area contributed by atoms with Crippen LogP contribution in [0.5, 0.6) is 0 Å². The minimum atomic E-state index is -2.57. The van der Waals surface area contributed by atoms with Crippen molar-refractivity contribution in [2.24, 2.45) is 0 Å². The SMILES string of the molecule is Cc1cc(Br)cc(Nc2ccc(N)cc2C(F)F)c1. The van der Waals surface area contributed by atoms with Crippen LogP contribution in [0.1, 0.15) is 17.6 Å². The number of hydrogen-bond acceptors (Lipinski definition) is 2. The summed E-state index contributed by atoms with van der Waals surface area (Å²) < 4.78 is 26.8. The van der Waals surface area contributed by atoms with Crippen LogP contribution in [0.2, 0.25) is 0 Å². The van der Waals surface area contributed by atoms with Crippen molar-refractivity contribution < 1.29 is 8.78 Å². The lowest BCUT2D eigenvalue weighted by Gasteiger charge is -2.13. The van der Waals surface area contributed by atoms with Crippen LogP contribution in [0.3, 0.4) is 0 Å². The second-order valence-electron chi connectivity index (χ2n) is 4.29. The summed E-state index contributed by atoms with van der Waals surface area (Å²) in [5, 5.41) is 3.00. The van der Waals surface area contributed by atoms with E-state index in [9.17, 15) is 8.78 Å². The maximum absolute atomic E-state index is 13.0. The van der Waals surface area contributed by atoms with Crippen LogP contribution in [-0.4, -0.2) is 0 Å². The molecule has 0 radical (unpaired) electrons. The van der Waals surface area contributed by atoms with Gasteiger partial charge in [0.2, 0.25) is 0 Å². The van der Waals surface area contributed by atoms with Crippen molar-refractivity contribution in [2.75, 3.05) is 11.1 Å². The molecule has 2 aromatic carbocycles. The van der Waals surface area contributed by atoms with Crippen LogP contribution in [0, 0.1) is 6.92 Å². The van der Waals surface area contributed by atoms with Crippen molar-refractivity contribution >= 4 is 33.0 Å². The average Bonchev–Trinajstić information content (AvgIpc) is 2.30. The summed E-state index contributed by atoms with van der Waals surface area (Å²) in [5.74, 6) is 0. The van der Waals surface area contributed by atoms with Gasteiger partial charge in [-0.05, 0) is 48.9 Å². The number of alkyl halides is 2. The van der Waals surface area contributed by atoms with Crippen LogP contribution < -0.4 is 11.1 Å². The predicted molar refractivity (Wildman–Crippen MR) is 78.0 cm³/mol. The number of nitrogen functional groups attached to an aromatic ring is 1. The molecule has 0 aliphatic carbocycles. The molecule has 19 heavy (non-hydrogen) atoms. The van der Waals surface area contributed by atoms with Gasteiger partial charge in [-0.2, -0.15) is 0 Å². The number of halogens is 3. The largest absolute Gasteiger partial charge is 0.399 e. The Labute approximate surface area is 118 Å². The Hall–Kier alpha value is -1.62. The van der Waals surface area contributed by atoms with E-state index in [4.69, 9.17) is 5.73 Å². The fourth-order valence-electron chi connectivity index (χ4n) is 1.84. The summed E-state index contributed by atoms with van der Waals surface area (Å²) in [6, 6.07) is 10.1.